The van der Waals surface area contributed by atoms with E-state index in [1.54, 1.807) is 25.1 Å². The lowest BCUT2D eigenvalue weighted by Gasteiger charge is -2.33. The minimum atomic E-state index is -1.51. The molecule has 3 aromatic rings. The van der Waals surface area contributed by atoms with Crippen molar-refractivity contribution < 1.29 is 38.6 Å². The maximum Gasteiger partial charge on any atom is 0.330 e. The molecule has 13 heteroatoms. The van der Waals surface area contributed by atoms with Crippen LogP contribution in [-0.4, -0.2) is 89.0 Å². The molecule has 1 heterocycles. The van der Waals surface area contributed by atoms with Crippen LogP contribution in [0, 0.1) is 23.2 Å². The van der Waals surface area contributed by atoms with Gasteiger partial charge < -0.3 is 35.4 Å². The number of rotatable bonds is 14. The summed E-state index contributed by atoms with van der Waals surface area (Å²) < 4.78 is 12.2. The number of pyridine rings is 1. The molecule has 3 fully saturated rings. The van der Waals surface area contributed by atoms with Crippen LogP contribution in [-0.2, 0) is 24.0 Å². The van der Waals surface area contributed by atoms with E-state index < -0.39 is 64.5 Å². The predicted octanol–water partition coefficient (Wildman–Crippen LogP) is 5.27. The van der Waals surface area contributed by atoms with Gasteiger partial charge in [-0.25, -0.2) is 9.78 Å². The van der Waals surface area contributed by atoms with Gasteiger partial charge in [0.15, 0.2) is 0 Å². The molecule has 2 aromatic carbocycles. The monoisotopic (exact) mass is 781 g/mol. The van der Waals surface area contributed by atoms with Crippen LogP contribution in [0.4, 0.5) is 0 Å². The lowest BCUT2D eigenvalue weighted by molar-refractivity contribution is -0.145. The summed E-state index contributed by atoms with van der Waals surface area (Å²) in [6, 6.07) is 16.0. The van der Waals surface area contributed by atoms with Gasteiger partial charge in [-0.1, -0.05) is 76.4 Å². The van der Waals surface area contributed by atoms with Crippen LogP contribution in [0.25, 0.3) is 22.2 Å². The molecule has 304 valence electrons. The summed E-state index contributed by atoms with van der Waals surface area (Å²) in [4.78, 5) is 74.2. The Morgan fingerprint density at radius 3 is 2.30 bits per heavy atom. The summed E-state index contributed by atoms with van der Waals surface area (Å²) in [5.74, 6) is -4.32. The second-order valence-corrected chi connectivity index (χ2v) is 16.8. The van der Waals surface area contributed by atoms with E-state index in [-0.39, 0.29) is 37.8 Å². The second-order valence-electron chi connectivity index (χ2n) is 16.8. The normalized spacial score (nSPS) is 23.8. The minimum Gasteiger partial charge on any atom is -0.497 e. The van der Waals surface area contributed by atoms with Crippen LogP contribution >= 0.6 is 0 Å². The fourth-order valence-electron chi connectivity index (χ4n) is 8.32. The SMILES string of the molecule is C=C[C@@H]1C[C@]1(NC(=O)[C@@H]1C[C@@H](Oc2cc(-c3ccccc3)nc3cc(OC)ccc23)C[C@H]1C(=O)N[C@H](C(=O)NCC(=O)N(C)C1CCCCC1)C(C)(C)C)C(=O)O. The zero-order valence-electron chi connectivity index (χ0n) is 33.5. The third-order valence-corrected chi connectivity index (χ3v) is 11.9. The highest BCUT2D eigenvalue weighted by Crippen LogP contribution is 2.46. The van der Waals surface area contributed by atoms with E-state index >= 15 is 0 Å². The summed E-state index contributed by atoms with van der Waals surface area (Å²) in [7, 11) is 3.34. The van der Waals surface area contributed by atoms with Gasteiger partial charge in [0.1, 0.15) is 29.2 Å². The first kappa shape index (κ1) is 41.2. The summed E-state index contributed by atoms with van der Waals surface area (Å²) in [5, 5.41) is 19.2. The molecule has 3 saturated carbocycles. The Morgan fingerprint density at radius 1 is 1.00 bits per heavy atom. The Bertz CT molecular complexity index is 2010. The van der Waals surface area contributed by atoms with Gasteiger partial charge >= 0.3 is 5.97 Å². The van der Waals surface area contributed by atoms with Crippen LogP contribution in [0.5, 0.6) is 11.5 Å². The molecule has 6 rings (SSSR count). The average Bonchev–Trinajstić information content (AvgIpc) is 3.77. The second kappa shape index (κ2) is 17.0. The number of carbonyl (C=O) groups is 5. The number of ether oxygens (including phenoxy) is 2. The molecule has 0 radical (unpaired) electrons. The van der Waals surface area contributed by atoms with Gasteiger partial charge in [0.2, 0.25) is 23.6 Å². The first-order chi connectivity index (χ1) is 27.1. The van der Waals surface area contributed by atoms with Crippen molar-refractivity contribution in [1.29, 1.82) is 0 Å². The van der Waals surface area contributed by atoms with Crippen LogP contribution in [0.15, 0.2) is 67.3 Å². The lowest BCUT2D eigenvalue weighted by atomic mass is 9.85. The van der Waals surface area contributed by atoms with Crippen molar-refractivity contribution >= 4 is 40.5 Å². The molecule has 13 nitrogen and oxygen atoms in total. The number of nitrogens with zero attached hydrogens (tertiary/aromatic N) is 2. The molecule has 3 aliphatic rings. The summed E-state index contributed by atoms with van der Waals surface area (Å²) in [6.07, 6.45) is 6.42. The number of hydrogen-bond donors (Lipinski definition) is 4. The number of carboxylic acid groups (broad SMARTS) is 1. The van der Waals surface area contributed by atoms with Crippen molar-refractivity contribution in [1.82, 2.24) is 25.8 Å². The van der Waals surface area contributed by atoms with E-state index in [0.717, 1.165) is 37.7 Å². The summed E-state index contributed by atoms with van der Waals surface area (Å²) in [5.41, 5.74) is -0.129. The first-order valence-electron chi connectivity index (χ1n) is 19.9. The molecule has 57 heavy (non-hydrogen) atoms. The highest BCUT2D eigenvalue weighted by Gasteiger charge is 2.61. The average molecular weight is 782 g/mol. The van der Waals surface area contributed by atoms with Gasteiger partial charge in [0.25, 0.3) is 0 Å². The molecule has 0 spiro atoms. The Balaban J connectivity index is 1.25. The number of methoxy groups -OCH3 is 1. The molecular weight excluding hydrogens is 727 g/mol. The highest BCUT2D eigenvalue weighted by atomic mass is 16.5. The van der Waals surface area contributed by atoms with E-state index in [2.05, 4.69) is 22.5 Å². The van der Waals surface area contributed by atoms with E-state index in [0.29, 0.717) is 28.1 Å². The fourth-order valence-corrected chi connectivity index (χ4v) is 8.32. The number of carboxylic acids is 1. The minimum absolute atomic E-state index is 0.105. The van der Waals surface area contributed by atoms with E-state index in [1.165, 1.54) is 6.08 Å². The Hall–Kier alpha value is -5.46. The zero-order chi connectivity index (χ0) is 41.1. The largest absolute Gasteiger partial charge is 0.497 e. The van der Waals surface area contributed by atoms with E-state index in [9.17, 15) is 29.1 Å². The van der Waals surface area contributed by atoms with Crippen LogP contribution < -0.4 is 25.4 Å². The molecule has 0 bridgehead atoms. The van der Waals surface area contributed by atoms with Gasteiger partial charge in [-0.05, 0) is 49.7 Å². The molecule has 0 unspecified atom stereocenters. The molecule has 6 atom stereocenters. The van der Waals surface area contributed by atoms with Crippen molar-refractivity contribution in [2.24, 2.45) is 23.2 Å². The third-order valence-electron chi connectivity index (χ3n) is 11.9. The summed E-state index contributed by atoms with van der Waals surface area (Å²) in [6.45, 7) is 8.95. The standard InChI is InChI=1S/C44H55N5O8/c1-7-27-24-44(27,42(54)55)48-40(52)33-21-30(57-36-23-34(26-14-10-8-11-15-26)46-35-22-29(56-6)18-19-31(35)36)20-32(33)39(51)47-38(43(2,3)4)41(53)45-25-37(50)49(5)28-16-12-9-13-17-28/h7-8,10-11,14-15,18-19,22-23,27-28,30,32-33,38H,1,9,12-13,16-17,20-21,24-25H2,2-6H3,(H,45,53)(H,47,51)(H,48,52)(H,54,55)/t27-,30+,32-,33-,38-,44-/m1/s1. The fraction of sp³-hybridized carbons (Fsp3) is 0.500. The predicted molar refractivity (Wildman–Crippen MR) is 215 cm³/mol. The molecule has 0 saturated heterocycles. The van der Waals surface area contributed by atoms with Gasteiger partial charge in [0.05, 0.1) is 36.7 Å². The molecule has 3 aliphatic carbocycles. The van der Waals surface area contributed by atoms with E-state index in [1.807, 2.05) is 69.3 Å². The van der Waals surface area contributed by atoms with E-state index in [4.69, 9.17) is 14.5 Å². The van der Waals surface area contributed by atoms with Gasteiger partial charge in [-0.15, -0.1) is 6.58 Å². The smallest absolute Gasteiger partial charge is 0.330 e. The van der Waals surface area contributed by atoms with Crippen molar-refractivity contribution in [2.45, 2.75) is 95.9 Å². The van der Waals surface area contributed by atoms with Crippen LogP contribution in [0.3, 0.4) is 0 Å². The number of aromatic nitrogens is 1. The number of carbonyl (C=O) groups excluding carboxylic acids is 4. The van der Waals surface area contributed by atoms with Crippen molar-refractivity contribution in [2.75, 3.05) is 20.7 Å². The van der Waals surface area contributed by atoms with Crippen LogP contribution in [0.1, 0.15) is 72.1 Å². The molecule has 1 aromatic heterocycles. The Morgan fingerprint density at radius 2 is 1.68 bits per heavy atom. The first-order valence-corrected chi connectivity index (χ1v) is 19.9. The number of amides is 4. The lowest BCUT2D eigenvalue weighted by Crippen LogP contribution is -2.57. The van der Waals surface area contributed by atoms with Gasteiger partial charge in [-0.2, -0.15) is 0 Å². The Kier molecular flexibility index (Phi) is 12.2. The van der Waals surface area contributed by atoms with Crippen molar-refractivity contribution in [3.05, 3.63) is 67.3 Å². The maximum absolute atomic E-state index is 14.4. The van der Waals surface area contributed by atoms with Gasteiger partial charge in [0, 0.05) is 42.1 Å². The molecular formula is C44H55N5O8. The highest BCUT2D eigenvalue weighted by molar-refractivity contribution is 5.96. The maximum atomic E-state index is 14.4. The zero-order valence-corrected chi connectivity index (χ0v) is 33.5. The van der Waals surface area contributed by atoms with Crippen LogP contribution in [0.2, 0.25) is 0 Å². The number of fused-ring (bicyclic) bond motifs is 1. The number of aliphatic carboxylic acids is 1. The molecule has 0 aliphatic heterocycles. The number of benzene rings is 2. The Labute approximate surface area is 334 Å². The molecule has 4 N–H and O–H groups in total. The number of nitrogens with one attached hydrogen (secondary N) is 3. The van der Waals surface area contributed by atoms with Gasteiger partial charge in [-0.3, -0.25) is 19.2 Å². The quantitative estimate of drug-likeness (QED) is 0.159. The van der Waals surface area contributed by atoms with Crippen molar-refractivity contribution in [3.8, 4) is 22.8 Å². The number of likely N-dealkylation sites (N-methyl/N-ethyl adjacent to an activating group) is 1. The summed E-state index contributed by atoms with van der Waals surface area (Å²) >= 11 is 0. The molecule has 4 amide bonds. The van der Waals surface area contributed by atoms with Crippen molar-refractivity contribution in [3.63, 3.8) is 0 Å². The topological polar surface area (TPSA) is 176 Å². The third kappa shape index (κ3) is 9.08. The number of hydrogen-bond acceptors (Lipinski definition) is 8.